The molecule has 0 amide bonds. The monoisotopic (exact) mass is 297 g/mol. The molecule has 21 heavy (non-hydrogen) atoms. The zero-order chi connectivity index (χ0) is 14.8. The second kappa shape index (κ2) is 5.62. The summed E-state index contributed by atoms with van der Waals surface area (Å²) in [4.78, 5) is 4.60. The molecule has 2 N–H and O–H groups in total. The topological polar surface area (TPSA) is 43.8 Å². The molecule has 4 heteroatoms. The molecule has 0 aliphatic rings. The molecule has 0 aliphatic carbocycles. The van der Waals surface area contributed by atoms with E-state index >= 15 is 0 Å². The Bertz CT molecular complexity index is 746. The molecule has 0 spiro atoms. The van der Waals surface area contributed by atoms with Gasteiger partial charge in [0.25, 0.3) is 0 Å². The number of nitrogens with zero attached hydrogens (tertiary/aromatic N) is 2. The van der Waals surface area contributed by atoms with Crippen molar-refractivity contribution in [3.05, 3.63) is 71.0 Å². The molecule has 1 heterocycles. The quantitative estimate of drug-likeness (QED) is 0.789. The predicted octanol–water partition coefficient (Wildman–Crippen LogP) is 4.14. The first-order valence-electron chi connectivity index (χ1n) is 6.77. The highest BCUT2D eigenvalue weighted by molar-refractivity contribution is 6.30. The number of hydrogen-bond donors (Lipinski definition) is 1. The highest BCUT2D eigenvalue weighted by Crippen LogP contribution is 2.27. The average molecular weight is 298 g/mol. The fourth-order valence-corrected chi connectivity index (χ4v) is 2.49. The van der Waals surface area contributed by atoms with E-state index in [2.05, 4.69) is 17.1 Å². The third-order valence-corrected chi connectivity index (χ3v) is 3.75. The van der Waals surface area contributed by atoms with E-state index in [0.717, 1.165) is 23.6 Å². The van der Waals surface area contributed by atoms with Crippen molar-refractivity contribution in [2.24, 2.45) is 0 Å². The number of imidazole rings is 1. The zero-order valence-electron chi connectivity index (χ0n) is 11.8. The minimum atomic E-state index is 0.679. The van der Waals surface area contributed by atoms with E-state index in [0.29, 0.717) is 10.8 Å². The Morgan fingerprint density at radius 2 is 1.71 bits per heavy atom. The molecule has 0 fully saturated rings. The molecule has 3 nitrogen and oxygen atoms in total. The molecule has 0 radical (unpaired) electrons. The van der Waals surface area contributed by atoms with E-state index in [1.807, 2.05) is 54.0 Å². The summed E-state index contributed by atoms with van der Waals surface area (Å²) < 4.78 is 2.03. The largest absolute Gasteiger partial charge is 0.383 e. The van der Waals surface area contributed by atoms with Crippen molar-refractivity contribution in [2.45, 2.75) is 13.5 Å². The molecule has 2 aromatic carbocycles. The molecular weight excluding hydrogens is 282 g/mol. The standard InChI is InChI=1S/C17H16ClN3/c1-12-20-16(14-7-9-15(18)10-8-14)17(19)21(12)11-13-5-3-2-4-6-13/h2-10H,11,19H2,1H3. The van der Waals surface area contributed by atoms with Crippen molar-refractivity contribution in [3.63, 3.8) is 0 Å². The van der Waals surface area contributed by atoms with Gasteiger partial charge in [-0.3, -0.25) is 0 Å². The summed E-state index contributed by atoms with van der Waals surface area (Å²) in [6, 6.07) is 17.8. The summed E-state index contributed by atoms with van der Waals surface area (Å²) in [6.07, 6.45) is 0. The van der Waals surface area contributed by atoms with E-state index in [-0.39, 0.29) is 0 Å². The fourth-order valence-electron chi connectivity index (χ4n) is 2.37. The smallest absolute Gasteiger partial charge is 0.132 e. The van der Waals surface area contributed by atoms with Crippen LogP contribution in [0.15, 0.2) is 54.6 Å². The molecule has 0 aliphatic heterocycles. The molecule has 0 saturated heterocycles. The highest BCUT2D eigenvalue weighted by Gasteiger charge is 2.13. The van der Waals surface area contributed by atoms with E-state index in [1.54, 1.807) is 0 Å². The third-order valence-electron chi connectivity index (χ3n) is 3.50. The summed E-state index contributed by atoms with van der Waals surface area (Å²) >= 11 is 5.93. The van der Waals surface area contributed by atoms with Gasteiger partial charge in [0.2, 0.25) is 0 Å². The number of rotatable bonds is 3. The number of aryl methyl sites for hydroxylation is 1. The lowest BCUT2D eigenvalue weighted by Gasteiger charge is -2.08. The van der Waals surface area contributed by atoms with Crippen LogP contribution in [-0.2, 0) is 6.54 Å². The number of hydrogen-bond acceptors (Lipinski definition) is 2. The van der Waals surface area contributed by atoms with Gasteiger partial charge in [0, 0.05) is 10.6 Å². The lowest BCUT2D eigenvalue weighted by molar-refractivity contribution is 0.771. The average Bonchev–Trinajstić information content (AvgIpc) is 2.77. The van der Waals surface area contributed by atoms with Crippen LogP contribution in [0.5, 0.6) is 0 Å². The summed E-state index contributed by atoms with van der Waals surface area (Å²) in [7, 11) is 0. The van der Waals surface area contributed by atoms with Crippen molar-refractivity contribution in [1.82, 2.24) is 9.55 Å². The van der Waals surface area contributed by atoms with Crippen molar-refractivity contribution in [1.29, 1.82) is 0 Å². The molecule has 3 aromatic rings. The summed E-state index contributed by atoms with van der Waals surface area (Å²) in [5, 5.41) is 0.706. The van der Waals surface area contributed by atoms with E-state index in [1.165, 1.54) is 5.56 Å². The molecule has 3 rings (SSSR count). The van der Waals surface area contributed by atoms with Gasteiger partial charge in [0.05, 0.1) is 6.54 Å². The van der Waals surface area contributed by atoms with Gasteiger partial charge in [-0.05, 0) is 24.6 Å². The van der Waals surface area contributed by atoms with Crippen LogP contribution in [0.25, 0.3) is 11.3 Å². The number of halogens is 1. The minimum Gasteiger partial charge on any atom is -0.383 e. The van der Waals surface area contributed by atoms with Gasteiger partial charge in [-0.25, -0.2) is 4.98 Å². The Kier molecular flexibility index (Phi) is 3.67. The van der Waals surface area contributed by atoms with Crippen LogP contribution in [0.2, 0.25) is 5.02 Å². The van der Waals surface area contributed by atoms with Crippen LogP contribution in [0.4, 0.5) is 5.82 Å². The lowest BCUT2D eigenvalue weighted by Crippen LogP contribution is -2.06. The first-order chi connectivity index (χ1) is 10.1. The van der Waals surface area contributed by atoms with Crippen molar-refractivity contribution in [2.75, 3.05) is 5.73 Å². The SMILES string of the molecule is Cc1nc(-c2ccc(Cl)cc2)c(N)n1Cc1ccccc1. The first kappa shape index (κ1) is 13.7. The van der Waals surface area contributed by atoms with Gasteiger partial charge in [-0.1, -0.05) is 54.1 Å². The van der Waals surface area contributed by atoms with E-state index in [4.69, 9.17) is 17.3 Å². The molecule has 0 bridgehead atoms. The highest BCUT2D eigenvalue weighted by atomic mass is 35.5. The van der Waals surface area contributed by atoms with Gasteiger partial charge < -0.3 is 10.3 Å². The van der Waals surface area contributed by atoms with Crippen LogP contribution >= 0.6 is 11.6 Å². The second-order valence-corrected chi connectivity index (χ2v) is 5.41. The lowest BCUT2D eigenvalue weighted by atomic mass is 10.1. The maximum atomic E-state index is 6.29. The molecule has 0 unspecified atom stereocenters. The zero-order valence-corrected chi connectivity index (χ0v) is 12.5. The Morgan fingerprint density at radius 1 is 1.05 bits per heavy atom. The summed E-state index contributed by atoms with van der Waals surface area (Å²) in [5.74, 6) is 1.58. The minimum absolute atomic E-state index is 0.679. The van der Waals surface area contributed by atoms with E-state index in [9.17, 15) is 0 Å². The Labute approximate surface area is 129 Å². The van der Waals surface area contributed by atoms with Gasteiger partial charge >= 0.3 is 0 Å². The maximum Gasteiger partial charge on any atom is 0.132 e. The number of nitrogen functional groups attached to an aromatic ring is 1. The predicted molar refractivity (Wildman–Crippen MR) is 87.4 cm³/mol. The van der Waals surface area contributed by atoms with Crippen LogP contribution in [0.1, 0.15) is 11.4 Å². The van der Waals surface area contributed by atoms with Crippen LogP contribution in [-0.4, -0.2) is 9.55 Å². The Hall–Kier alpha value is -2.26. The number of benzene rings is 2. The van der Waals surface area contributed by atoms with Crippen LogP contribution in [0.3, 0.4) is 0 Å². The third kappa shape index (κ3) is 2.78. The fraction of sp³-hybridized carbons (Fsp3) is 0.118. The van der Waals surface area contributed by atoms with Gasteiger partial charge in [-0.2, -0.15) is 0 Å². The van der Waals surface area contributed by atoms with Gasteiger partial charge in [0.1, 0.15) is 17.3 Å². The van der Waals surface area contributed by atoms with Gasteiger partial charge in [0.15, 0.2) is 0 Å². The molecule has 106 valence electrons. The maximum absolute atomic E-state index is 6.29. The second-order valence-electron chi connectivity index (χ2n) is 4.97. The Balaban J connectivity index is 1.98. The van der Waals surface area contributed by atoms with Crippen molar-refractivity contribution in [3.8, 4) is 11.3 Å². The normalized spacial score (nSPS) is 10.8. The van der Waals surface area contributed by atoms with Crippen LogP contribution < -0.4 is 5.73 Å². The molecule has 0 atom stereocenters. The number of anilines is 1. The van der Waals surface area contributed by atoms with Crippen molar-refractivity contribution < 1.29 is 0 Å². The van der Waals surface area contributed by atoms with E-state index < -0.39 is 0 Å². The van der Waals surface area contributed by atoms with Gasteiger partial charge in [-0.15, -0.1) is 0 Å². The molecule has 0 saturated carbocycles. The summed E-state index contributed by atoms with van der Waals surface area (Å²) in [5.41, 5.74) is 9.27. The van der Waals surface area contributed by atoms with Crippen molar-refractivity contribution >= 4 is 17.4 Å². The number of nitrogens with two attached hydrogens (primary N) is 1. The Morgan fingerprint density at radius 3 is 2.38 bits per heavy atom. The summed E-state index contributed by atoms with van der Waals surface area (Å²) in [6.45, 7) is 2.69. The number of aromatic nitrogens is 2. The first-order valence-corrected chi connectivity index (χ1v) is 7.15. The molecular formula is C17H16ClN3. The molecule has 1 aromatic heterocycles. The van der Waals surface area contributed by atoms with Crippen LogP contribution in [0, 0.1) is 6.92 Å².